The molecule has 0 atom stereocenters. The maximum atomic E-state index is 4.09. The van der Waals surface area contributed by atoms with Crippen LogP contribution in [-0.2, 0) is 61.8 Å². The third kappa shape index (κ3) is 24.7. The largest absolute Gasteiger partial charge is 1.00 e. The van der Waals surface area contributed by atoms with Crippen molar-refractivity contribution in [3.63, 3.8) is 0 Å². The number of unbranched alkanes of at least 4 members (excludes halogenated alkanes) is 10. The molecule has 0 aliphatic carbocycles. The van der Waals surface area contributed by atoms with Gasteiger partial charge in [-0.3, -0.25) is 0 Å². The predicted molar refractivity (Wildman–Crippen MR) is 302 cm³/mol. The van der Waals surface area contributed by atoms with Crippen LogP contribution in [-0.4, -0.2) is 23.3 Å². The van der Waals surface area contributed by atoms with E-state index in [0.29, 0.717) is 0 Å². The predicted octanol–water partition coefficient (Wildman–Crippen LogP) is 5.18. The first-order valence-electron chi connectivity index (χ1n) is 26.0. The van der Waals surface area contributed by atoms with Gasteiger partial charge in [0.05, 0.1) is 19.4 Å². The molecule has 0 N–H and O–H groups in total. The van der Waals surface area contributed by atoms with E-state index in [0.717, 1.165) is 61.8 Å². The number of aryl methyl sites for hydroxylation is 2. The molecule has 0 radical (unpaired) electrons. The SMILES string of the molecule is BrCc1ccc(CBr)cc1.CCCCCCCCn1cc[n+](Cc2ccc(Cn3cc[n+](Cc4ccc(CBr)cc4)c3)cc2)c1.CCCCCCCCn1cc[n+](Cc2ccc(Cn3ccnc3)cc2)c1.[Br-].[Br-].[Br-]. The zero-order valence-corrected chi connectivity index (χ0v) is 53.1. The summed E-state index contributed by atoms with van der Waals surface area (Å²) in [6.07, 6.45) is 41.6. The number of aromatic nitrogens is 8. The van der Waals surface area contributed by atoms with E-state index in [4.69, 9.17) is 0 Å². The standard InChI is InChI=1S/C30H39BrN4.C22H31N4.C8H8Br2.3BrH/c1-2-3-4-5-6-7-16-32-17-18-33(25-32)22-29-12-14-30(15-13-29)24-35-20-19-34(26-35)23-28-10-8-27(21-31)9-11-28;1-2-3-4-5-6-7-13-24-15-16-26(20-24)18-22-10-8-21(9-11-22)17-25-14-12-23-19-25;9-5-7-1-2-8(6-10)4-3-7;;;/h8-15,17-20,25-26H,2-7,16,21-24H2,1H3;8-12,14-16,19-20H,2-7,13,17-18H2,1H3;1-4H,5-6H2;3*1H/q+2;+1;;;;/p-3. The maximum absolute atomic E-state index is 4.09. The van der Waals surface area contributed by atoms with Gasteiger partial charge >= 0.3 is 0 Å². The molecule has 0 saturated carbocycles. The van der Waals surface area contributed by atoms with Crippen molar-refractivity contribution in [2.24, 2.45) is 0 Å². The molecular weight excluding hydrogens is 1310 g/mol. The number of hydrogen-bond donors (Lipinski definition) is 0. The second kappa shape index (κ2) is 38.2. The van der Waals surface area contributed by atoms with Gasteiger partial charge in [-0.1, -0.05) is 210 Å². The van der Waals surface area contributed by atoms with Crippen LogP contribution in [0.3, 0.4) is 0 Å². The van der Waals surface area contributed by atoms with E-state index in [1.807, 2.05) is 18.7 Å². The highest BCUT2D eigenvalue weighted by molar-refractivity contribution is 9.09. The molecule has 74 heavy (non-hydrogen) atoms. The molecular formula is C60H78Br6N8. The van der Waals surface area contributed by atoms with Crippen LogP contribution >= 0.6 is 47.8 Å². The second-order valence-electron chi connectivity index (χ2n) is 18.8. The average molecular weight is 1390 g/mol. The molecule has 0 bridgehead atoms. The van der Waals surface area contributed by atoms with Crippen LogP contribution in [0.1, 0.15) is 135 Å². The number of hydrogen-bond acceptors (Lipinski definition) is 1. The molecule has 8 rings (SSSR count). The topological polar surface area (TPSA) is 44.2 Å². The molecule has 8 nitrogen and oxygen atoms in total. The summed E-state index contributed by atoms with van der Waals surface area (Å²) >= 11 is 10.3. The smallest absolute Gasteiger partial charge is 0.244 e. The number of alkyl halides is 3. The quantitative estimate of drug-likeness (QED) is 0.0398. The normalized spacial score (nSPS) is 10.6. The lowest BCUT2D eigenvalue weighted by molar-refractivity contribution is -0.688. The Balaban J connectivity index is 0.000000326. The monoisotopic (exact) mass is 1380 g/mol. The Morgan fingerprint density at radius 3 is 1.03 bits per heavy atom. The Labute approximate surface area is 500 Å². The molecule has 0 unspecified atom stereocenters. The van der Waals surface area contributed by atoms with Gasteiger partial charge in [-0.25, -0.2) is 32.4 Å². The summed E-state index contributed by atoms with van der Waals surface area (Å²) in [5, 5.41) is 2.78. The highest BCUT2D eigenvalue weighted by Gasteiger charge is 2.10. The van der Waals surface area contributed by atoms with Crippen molar-refractivity contribution < 1.29 is 64.6 Å². The van der Waals surface area contributed by atoms with Crippen LogP contribution in [0.5, 0.6) is 0 Å². The van der Waals surface area contributed by atoms with Crippen molar-refractivity contribution in [2.75, 3.05) is 0 Å². The Morgan fingerprint density at radius 1 is 0.365 bits per heavy atom. The van der Waals surface area contributed by atoms with Gasteiger partial charge in [0.15, 0.2) is 0 Å². The zero-order chi connectivity index (χ0) is 49.7. The van der Waals surface area contributed by atoms with Crippen LogP contribution < -0.4 is 64.6 Å². The van der Waals surface area contributed by atoms with Crippen molar-refractivity contribution in [3.8, 4) is 0 Å². The molecule has 0 fully saturated rings. The first kappa shape index (κ1) is 64.9. The van der Waals surface area contributed by atoms with Crippen molar-refractivity contribution in [1.29, 1.82) is 0 Å². The van der Waals surface area contributed by atoms with E-state index >= 15 is 0 Å². The fourth-order valence-corrected chi connectivity index (χ4v) is 9.61. The first-order chi connectivity index (χ1) is 34.9. The molecule has 8 aromatic rings. The number of halogens is 6. The van der Waals surface area contributed by atoms with Gasteiger partial charge in [-0.15, -0.1) is 0 Å². The molecule has 4 aromatic carbocycles. The lowest BCUT2D eigenvalue weighted by atomic mass is 10.1. The van der Waals surface area contributed by atoms with Gasteiger partial charge in [-0.05, 0) is 70.2 Å². The molecule has 0 saturated heterocycles. The van der Waals surface area contributed by atoms with Crippen molar-refractivity contribution in [3.05, 3.63) is 216 Å². The Bertz CT molecular complexity index is 2580. The van der Waals surface area contributed by atoms with Crippen LogP contribution in [0, 0.1) is 0 Å². The maximum Gasteiger partial charge on any atom is 0.244 e. The number of rotatable bonds is 27. The molecule has 4 heterocycles. The summed E-state index contributed by atoms with van der Waals surface area (Å²) in [7, 11) is 0. The lowest BCUT2D eigenvalue weighted by Crippen LogP contribution is -3.00. The van der Waals surface area contributed by atoms with Gasteiger partial charge in [0, 0.05) is 34.9 Å². The van der Waals surface area contributed by atoms with E-state index in [1.54, 1.807) is 0 Å². The van der Waals surface area contributed by atoms with Crippen molar-refractivity contribution in [2.45, 2.75) is 153 Å². The highest BCUT2D eigenvalue weighted by Crippen LogP contribution is 2.13. The highest BCUT2D eigenvalue weighted by atomic mass is 79.9. The average Bonchev–Trinajstić information content (AvgIpc) is 4.26. The Kier molecular flexibility index (Phi) is 33.5. The second-order valence-corrected chi connectivity index (χ2v) is 20.5. The molecule has 0 amide bonds. The van der Waals surface area contributed by atoms with Crippen molar-refractivity contribution in [1.82, 2.24) is 23.3 Å². The van der Waals surface area contributed by atoms with Crippen LogP contribution in [0.2, 0.25) is 0 Å². The zero-order valence-electron chi connectivity index (χ0n) is 43.6. The summed E-state index contributed by atoms with van der Waals surface area (Å²) in [5.41, 5.74) is 10.6. The van der Waals surface area contributed by atoms with Gasteiger partial charge < -0.3 is 55.5 Å². The first-order valence-corrected chi connectivity index (χ1v) is 29.4. The summed E-state index contributed by atoms with van der Waals surface area (Å²) in [4.78, 5) is 4.09. The van der Waals surface area contributed by atoms with E-state index in [9.17, 15) is 0 Å². The van der Waals surface area contributed by atoms with Crippen LogP contribution in [0.25, 0.3) is 0 Å². The molecule has 4 aromatic heterocycles. The van der Waals surface area contributed by atoms with Crippen LogP contribution in [0.4, 0.5) is 0 Å². The number of nitrogens with zero attached hydrogens (tertiary/aromatic N) is 8. The van der Waals surface area contributed by atoms with E-state index < -0.39 is 0 Å². The molecule has 14 heteroatoms. The summed E-state index contributed by atoms with van der Waals surface area (Å²) in [5.74, 6) is 0. The third-order valence-electron chi connectivity index (χ3n) is 12.7. The lowest BCUT2D eigenvalue weighted by Gasteiger charge is -2.04. The molecule has 0 aliphatic heterocycles. The fourth-order valence-electron chi connectivity index (χ4n) is 8.49. The third-order valence-corrected chi connectivity index (χ3v) is 14.7. The van der Waals surface area contributed by atoms with Gasteiger partial charge in [0.25, 0.3) is 0 Å². The van der Waals surface area contributed by atoms with Gasteiger partial charge in [0.2, 0.25) is 19.0 Å². The minimum atomic E-state index is 0. The van der Waals surface area contributed by atoms with E-state index in [-0.39, 0.29) is 50.9 Å². The minimum Gasteiger partial charge on any atom is -1.00 e. The minimum absolute atomic E-state index is 0. The molecule has 0 aliphatic rings. The Morgan fingerprint density at radius 2 is 0.676 bits per heavy atom. The fraction of sp³-hybridized carbons (Fsp3) is 0.400. The van der Waals surface area contributed by atoms with E-state index in [2.05, 4.69) is 252 Å². The summed E-state index contributed by atoms with van der Waals surface area (Å²) in [6.45, 7) is 11.3. The van der Waals surface area contributed by atoms with Gasteiger partial charge in [0.1, 0.15) is 63.4 Å². The van der Waals surface area contributed by atoms with E-state index in [1.165, 1.54) is 122 Å². The number of benzene rings is 4. The summed E-state index contributed by atoms with van der Waals surface area (Å²) < 4.78 is 15.8. The summed E-state index contributed by atoms with van der Waals surface area (Å²) in [6, 6.07) is 35.2. The molecule has 400 valence electrons. The molecule has 0 spiro atoms. The van der Waals surface area contributed by atoms with Gasteiger partial charge in [-0.2, -0.15) is 0 Å². The van der Waals surface area contributed by atoms with Crippen molar-refractivity contribution >= 4 is 47.8 Å². The number of imidazole rings is 4. The van der Waals surface area contributed by atoms with Crippen LogP contribution in [0.15, 0.2) is 172 Å². The Hall–Kier alpha value is -3.40.